The number of ether oxygens (including phenoxy) is 1. The summed E-state index contributed by atoms with van der Waals surface area (Å²) in [6.07, 6.45) is 1.63. The van der Waals surface area contributed by atoms with E-state index in [0.29, 0.717) is 17.2 Å². The van der Waals surface area contributed by atoms with E-state index in [1.54, 1.807) is 61.7 Å². The van der Waals surface area contributed by atoms with Gasteiger partial charge in [0.25, 0.3) is 0 Å². The fourth-order valence-electron chi connectivity index (χ4n) is 2.24. The lowest BCUT2D eigenvalue weighted by atomic mass is 10.2. The third kappa shape index (κ3) is 4.16. The summed E-state index contributed by atoms with van der Waals surface area (Å²) in [4.78, 5) is 4.23. The lowest BCUT2D eigenvalue weighted by Crippen LogP contribution is -2.11. The molecular formula is C19H17NO4S. The van der Waals surface area contributed by atoms with E-state index in [-0.39, 0.29) is 10.6 Å². The molecule has 25 heavy (non-hydrogen) atoms. The molecule has 1 aromatic heterocycles. The molecule has 0 aliphatic carbocycles. The zero-order valence-electron chi connectivity index (χ0n) is 13.8. The monoisotopic (exact) mass is 355 g/mol. The molecule has 3 rings (SSSR count). The van der Waals surface area contributed by atoms with Crippen molar-refractivity contribution in [2.24, 2.45) is 0 Å². The summed E-state index contributed by atoms with van der Waals surface area (Å²) >= 11 is 0. The number of aromatic nitrogens is 1. The first-order chi connectivity index (χ1) is 11.9. The highest BCUT2D eigenvalue weighted by molar-refractivity contribution is 7.87. The first-order valence-electron chi connectivity index (χ1n) is 7.65. The van der Waals surface area contributed by atoms with Crippen molar-refractivity contribution in [3.8, 4) is 17.4 Å². The van der Waals surface area contributed by atoms with Crippen LogP contribution in [-0.2, 0) is 10.1 Å². The summed E-state index contributed by atoms with van der Waals surface area (Å²) < 4.78 is 35.8. The Labute approximate surface area is 147 Å². The summed E-state index contributed by atoms with van der Waals surface area (Å²) in [6, 6.07) is 16.9. The van der Waals surface area contributed by atoms with Crippen molar-refractivity contribution in [3.05, 3.63) is 78.0 Å². The van der Waals surface area contributed by atoms with Gasteiger partial charge in [-0.15, -0.1) is 0 Å². The highest BCUT2D eigenvalue weighted by Crippen LogP contribution is 2.26. The Morgan fingerprint density at radius 2 is 1.60 bits per heavy atom. The zero-order chi connectivity index (χ0) is 17.9. The smallest absolute Gasteiger partial charge is 0.339 e. The molecular weight excluding hydrogens is 338 g/mol. The Balaban J connectivity index is 1.78. The van der Waals surface area contributed by atoms with Crippen LogP contribution in [0.1, 0.15) is 11.1 Å². The van der Waals surface area contributed by atoms with Crippen LogP contribution in [0.5, 0.6) is 17.4 Å². The first-order valence-corrected chi connectivity index (χ1v) is 9.05. The molecule has 0 saturated heterocycles. The van der Waals surface area contributed by atoms with Crippen LogP contribution in [0.3, 0.4) is 0 Å². The second-order valence-corrected chi connectivity index (χ2v) is 7.06. The largest absolute Gasteiger partial charge is 0.439 e. The predicted molar refractivity (Wildman–Crippen MR) is 94.5 cm³/mol. The van der Waals surface area contributed by atoms with Gasteiger partial charge in [-0.2, -0.15) is 8.42 Å². The molecule has 2 aromatic carbocycles. The second kappa shape index (κ2) is 6.94. The number of hydrogen-bond donors (Lipinski definition) is 0. The van der Waals surface area contributed by atoms with Crippen molar-refractivity contribution in [1.29, 1.82) is 0 Å². The summed E-state index contributed by atoms with van der Waals surface area (Å²) in [5, 5.41) is 0. The zero-order valence-corrected chi connectivity index (χ0v) is 14.7. The van der Waals surface area contributed by atoms with Crippen molar-refractivity contribution in [2.75, 3.05) is 0 Å². The van der Waals surface area contributed by atoms with Gasteiger partial charge in [-0.05, 0) is 61.4 Å². The van der Waals surface area contributed by atoms with Gasteiger partial charge in [-0.1, -0.05) is 18.2 Å². The van der Waals surface area contributed by atoms with Crippen molar-refractivity contribution in [2.45, 2.75) is 18.7 Å². The van der Waals surface area contributed by atoms with Crippen molar-refractivity contribution < 1.29 is 17.3 Å². The molecule has 0 amide bonds. The Morgan fingerprint density at radius 1 is 0.880 bits per heavy atom. The standard InChI is InChI=1S/C19H17NO4S/c1-14-6-7-15(2)18(13-14)25(21,22)24-17-10-8-16(9-11-17)23-19-5-3-4-12-20-19/h3-13H,1-2H3. The highest BCUT2D eigenvalue weighted by atomic mass is 32.2. The third-order valence-electron chi connectivity index (χ3n) is 3.50. The van der Waals surface area contributed by atoms with Crippen molar-refractivity contribution in [1.82, 2.24) is 4.98 Å². The molecule has 0 spiro atoms. The quantitative estimate of drug-likeness (QED) is 0.640. The van der Waals surface area contributed by atoms with Crippen LogP contribution in [0.4, 0.5) is 0 Å². The molecule has 0 unspecified atom stereocenters. The first kappa shape index (κ1) is 17.0. The van der Waals surface area contributed by atoms with Crippen molar-refractivity contribution >= 4 is 10.1 Å². The molecule has 1 heterocycles. The maximum atomic E-state index is 12.5. The van der Waals surface area contributed by atoms with Gasteiger partial charge in [0.05, 0.1) is 0 Å². The minimum atomic E-state index is -3.89. The molecule has 5 nitrogen and oxygen atoms in total. The van der Waals surface area contributed by atoms with E-state index in [0.717, 1.165) is 5.56 Å². The van der Waals surface area contributed by atoms with Gasteiger partial charge in [0.1, 0.15) is 16.4 Å². The fraction of sp³-hybridized carbons (Fsp3) is 0.105. The number of benzene rings is 2. The Bertz CT molecular complexity index is 968. The second-order valence-electron chi connectivity index (χ2n) is 5.55. The molecule has 0 radical (unpaired) electrons. The number of aryl methyl sites for hydroxylation is 2. The van der Waals surface area contributed by atoms with Gasteiger partial charge in [-0.25, -0.2) is 4.98 Å². The van der Waals surface area contributed by atoms with Crippen LogP contribution < -0.4 is 8.92 Å². The average molecular weight is 355 g/mol. The molecule has 0 fully saturated rings. The van der Waals surface area contributed by atoms with E-state index in [4.69, 9.17) is 8.92 Å². The SMILES string of the molecule is Cc1ccc(C)c(S(=O)(=O)Oc2ccc(Oc3ccccn3)cc2)c1. The molecule has 3 aromatic rings. The summed E-state index contributed by atoms with van der Waals surface area (Å²) in [7, 11) is -3.89. The van der Waals surface area contributed by atoms with E-state index < -0.39 is 10.1 Å². The fourth-order valence-corrected chi connectivity index (χ4v) is 3.49. The lowest BCUT2D eigenvalue weighted by molar-refractivity contribution is 0.459. The average Bonchev–Trinajstić information content (AvgIpc) is 2.59. The molecule has 128 valence electrons. The topological polar surface area (TPSA) is 65.5 Å². The normalized spacial score (nSPS) is 11.1. The number of rotatable bonds is 5. The molecule has 0 atom stereocenters. The molecule has 6 heteroatoms. The van der Waals surface area contributed by atoms with E-state index in [9.17, 15) is 8.42 Å². The molecule has 0 N–H and O–H groups in total. The Morgan fingerprint density at radius 3 is 2.28 bits per heavy atom. The van der Waals surface area contributed by atoms with Crippen LogP contribution in [0.25, 0.3) is 0 Å². The van der Waals surface area contributed by atoms with Crippen LogP contribution in [0.15, 0.2) is 71.8 Å². The minimum Gasteiger partial charge on any atom is -0.439 e. The number of pyridine rings is 1. The molecule has 0 bridgehead atoms. The third-order valence-corrected chi connectivity index (χ3v) is 4.89. The summed E-state index contributed by atoms with van der Waals surface area (Å²) in [5.74, 6) is 1.21. The van der Waals surface area contributed by atoms with Crippen LogP contribution in [0, 0.1) is 13.8 Å². The van der Waals surface area contributed by atoms with E-state index in [1.807, 2.05) is 19.1 Å². The van der Waals surface area contributed by atoms with Gasteiger partial charge < -0.3 is 8.92 Å². The number of nitrogens with zero attached hydrogens (tertiary/aromatic N) is 1. The van der Waals surface area contributed by atoms with Crippen LogP contribution >= 0.6 is 0 Å². The maximum absolute atomic E-state index is 12.5. The van der Waals surface area contributed by atoms with Crippen LogP contribution in [0.2, 0.25) is 0 Å². The predicted octanol–water partition coefficient (Wildman–Crippen LogP) is 4.26. The highest BCUT2D eigenvalue weighted by Gasteiger charge is 2.19. The maximum Gasteiger partial charge on any atom is 0.339 e. The molecule has 0 aliphatic heterocycles. The van der Waals surface area contributed by atoms with E-state index in [1.165, 1.54) is 0 Å². The Kier molecular flexibility index (Phi) is 4.72. The number of hydrogen-bond acceptors (Lipinski definition) is 5. The molecule has 0 saturated carbocycles. The van der Waals surface area contributed by atoms with Crippen molar-refractivity contribution in [3.63, 3.8) is 0 Å². The van der Waals surface area contributed by atoms with E-state index >= 15 is 0 Å². The summed E-state index contributed by atoms with van der Waals surface area (Å²) in [6.45, 7) is 3.57. The van der Waals surface area contributed by atoms with E-state index in [2.05, 4.69) is 4.98 Å². The van der Waals surface area contributed by atoms with Gasteiger partial charge >= 0.3 is 10.1 Å². The lowest BCUT2D eigenvalue weighted by Gasteiger charge is -2.10. The van der Waals surface area contributed by atoms with Gasteiger partial charge in [0, 0.05) is 12.3 Å². The summed E-state index contributed by atoms with van der Waals surface area (Å²) in [5.41, 5.74) is 1.49. The van der Waals surface area contributed by atoms with Gasteiger partial charge in [0.2, 0.25) is 5.88 Å². The molecule has 0 aliphatic rings. The van der Waals surface area contributed by atoms with Crippen LogP contribution in [-0.4, -0.2) is 13.4 Å². The Hall–Kier alpha value is -2.86. The van der Waals surface area contributed by atoms with Gasteiger partial charge in [-0.3, -0.25) is 0 Å². The van der Waals surface area contributed by atoms with Gasteiger partial charge in [0.15, 0.2) is 0 Å². The minimum absolute atomic E-state index is 0.168.